The van der Waals surface area contributed by atoms with Crippen molar-refractivity contribution in [2.24, 2.45) is 0 Å². The standard InChI is InChI=1S/C13H19N7O/c1-14-11-17-12(16-9-4-5-10(8-9)21-2)19-13(18-11)20-7-3-6-15-20/h3,6-7,9-10H,4-5,8H2,1-2H3,(H2,14,16,17,18,19). The zero-order valence-electron chi connectivity index (χ0n) is 12.2. The Morgan fingerprint density at radius 3 is 2.76 bits per heavy atom. The monoisotopic (exact) mass is 289 g/mol. The van der Waals surface area contributed by atoms with Gasteiger partial charge in [0.25, 0.3) is 5.95 Å². The van der Waals surface area contributed by atoms with E-state index in [1.807, 2.05) is 6.07 Å². The molecule has 21 heavy (non-hydrogen) atoms. The van der Waals surface area contributed by atoms with Crippen molar-refractivity contribution in [1.29, 1.82) is 0 Å². The smallest absolute Gasteiger partial charge is 0.257 e. The van der Waals surface area contributed by atoms with Crippen LogP contribution in [0.25, 0.3) is 5.95 Å². The van der Waals surface area contributed by atoms with E-state index in [1.54, 1.807) is 31.2 Å². The first-order valence-corrected chi connectivity index (χ1v) is 7.01. The minimum Gasteiger partial charge on any atom is -0.381 e. The quantitative estimate of drug-likeness (QED) is 0.851. The summed E-state index contributed by atoms with van der Waals surface area (Å²) in [6.07, 6.45) is 6.89. The summed E-state index contributed by atoms with van der Waals surface area (Å²) in [5, 5.41) is 10.5. The summed E-state index contributed by atoms with van der Waals surface area (Å²) in [5.41, 5.74) is 0. The van der Waals surface area contributed by atoms with Gasteiger partial charge < -0.3 is 15.4 Å². The average Bonchev–Trinajstić information content (AvgIpc) is 3.18. The third kappa shape index (κ3) is 3.10. The number of hydrogen-bond donors (Lipinski definition) is 2. The summed E-state index contributed by atoms with van der Waals surface area (Å²) in [4.78, 5) is 13.1. The van der Waals surface area contributed by atoms with Gasteiger partial charge in [-0.2, -0.15) is 20.1 Å². The van der Waals surface area contributed by atoms with E-state index in [-0.39, 0.29) is 0 Å². The molecule has 2 unspecified atom stereocenters. The van der Waals surface area contributed by atoms with Crippen LogP contribution in [0.5, 0.6) is 0 Å². The topological polar surface area (TPSA) is 89.8 Å². The van der Waals surface area contributed by atoms with Crippen LogP contribution in [0.4, 0.5) is 11.9 Å². The molecule has 112 valence electrons. The predicted molar refractivity (Wildman–Crippen MR) is 78.6 cm³/mol. The maximum atomic E-state index is 5.39. The molecule has 8 heteroatoms. The molecule has 0 radical (unpaired) electrons. The van der Waals surface area contributed by atoms with Gasteiger partial charge in [-0.25, -0.2) is 4.68 Å². The summed E-state index contributed by atoms with van der Waals surface area (Å²) >= 11 is 0. The second-order valence-corrected chi connectivity index (χ2v) is 5.00. The first-order chi connectivity index (χ1) is 10.3. The average molecular weight is 289 g/mol. The molecule has 2 N–H and O–H groups in total. The van der Waals surface area contributed by atoms with Crippen LogP contribution in [0, 0.1) is 0 Å². The summed E-state index contributed by atoms with van der Waals surface area (Å²) < 4.78 is 7.00. The van der Waals surface area contributed by atoms with Gasteiger partial charge in [0.05, 0.1) is 6.10 Å². The lowest BCUT2D eigenvalue weighted by Crippen LogP contribution is -2.20. The van der Waals surface area contributed by atoms with Crippen molar-refractivity contribution >= 4 is 11.9 Å². The largest absolute Gasteiger partial charge is 0.381 e. The lowest BCUT2D eigenvalue weighted by atomic mass is 10.2. The molecule has 0 aliphatic heterocycles. The normalized spacial score (nSPS) is 21.4. The Balaban J connectivity index is 1.80. The van der Waals surface area contributed by atoms with Gasteiger partial charge in [0.1, 0.15) is 0 Å². The molecule has 1 saturated carbocycles. The van der Waals surface area contributed by atoms with Crippen LogP contribution >= 0.6 is 0 Å². The highest BCUT2D eigenvalue weighted by atomic mass is 16.5. The fourth-order valence-corrected chi connectivity index (χ4v) is 2.50. The van der Waals surface area contributed by atoms with Crippen molar-refractivity contribution in [3.63, 3.8) is 0 Å². The molecular weight excluding hydrogens is 270 g/mol. The van der Waals surface area contributed by atoms with Gasteiger partial charge in [-0.15, -0.1) is 0 Å². The maximum Gasteiger partial charge on any atom is 0.257 e. The van der Waals surface area contributed by atoms with Crippen LogP contribution in [0.1, 0.15) is 19.3 Å². The lowest BCUT2D eigenvalue weighted by Gasteiger charge is -2.14. The number of methoxy groups -OCH3 is 1. The molecule has 2 heterocycles. The third-order valence-electron chi connectivity index (χ3n) is 3.61. The van der Waals surface area contributed by atoms with Crippen LogP contribution in [0.15, 0.2) is 18.5 Å². The molecule has 1 aliphatic rings. The van der Waals surface area contributed by atoms with Crippen molar-refractivity contribution in [3.8, 4) is 5.95 Å². The summed E-state index contributed by atoms with van der Waals surface area (Å²) in [7, 11) is 3.54. The SMILES string of the molecule is CNc1nc(NC2CCC(OC)C2)nc(-n2cccn2)n1. The number of ether oxygens (including phenoxy) is 1. The highest BCUT2D eigenvalue weighted by Gasteiger charge is 2.25. The Morgan fingerprint density at radius 2 is 2.10 bits per heavy atom. The summed E-state index contributed by atoms with van der Waals surface area (Å²) in [5.74, 6) is 1.56. The molecule has 3 rings (SSSR count). The molecule has 0 aromatic carbocycles. The zero-order valence-corrected chi connectivity index (χ0v) is 12.2. The third-order valence-corrected chi connectivity index (χ3v) is 3.61. The van der Waals surface area contributed by atoms with E-state index >= 15 is 0 Å². The predicted octanol–water partition coefficient (Wildman–Crippen LogP) is 1.08. The van der Waals surface area contributed by atoms with Crippen molar-refractivity contribution in [2.45, 2.75) is 31.4 Å². The molecule has 0 spiro atoms. The Kier molecular flexibility index (Phi) is 3.96. The summed E-state index contributed by atoms with van der Waals surface area (Å²) in [6, 6.07) is 2.16. The first-order valence-electron chi connectivity index (χ1n) is 7.01. The van der Waals surface area contributed by atoms with Gasteiger partial charge in [0, 0.05) is 32.6 Å². The van der Waals surface area contributed by atoms with Crippen molar-refractivity contribution in [2.75, 3.05) is 24.8 Å². The van der Waals surface area contributed by atoms with Gasteiger partial charge in [0.2, 0.25) is 11.9 Å². The fourth-order valence-electron chi connectivity index (χ4n) is 2.50. The number of anilines is 2. The number of hydrogen-bond acceptors (Lipinski definition) is 7. The van der Waals surface area contributed by atoms with E-state index in [0.717, 1.165) is 19.3 Å². The van der Waals surface area contributed by atoms with Crippen molar-refractivity contribution < 1.29 is 4.74 Å². The van der Waals surface area contributed by atoms with Crippen LogP contribution < -0.4 is 10.6 Å². The zero-order chi connectivity index (χ0) is 14.7. The minimum atomic E-state index is 0.318. The number of rotatable bonds is 5. The van der Waals surface area contributed by atoms with Gasteiger partial charge in [-0.1, -0.05) is 0 Å². The van der Waals surface area contributed by atoms with Crippen LogP contribution in [-0.4, -0.2) is 51.0 Å². The Labute approximate surface area is 123 Å². The molecule has 0 amide bonds. The van der Waals surface area contributed by atoms with Gasteiger partial charge in [-0.05, 0) is 25.3 Å². The van der Waals surface area contributed by atoms with Crippen LogP contribution in [-0.2, 0) is 4.74 Å². The number of nitrogens with zero attached hydrogens (tertiary/aromatic N) is 5. The second kappa shape index (κ2) is 6.04. The van der Waals surface area contributed by atoms with E-state index in [4.69, 9.17) is 4.74 Å². The van der Waals surface area contributed by atoms with E-state index in [9.17, 15) is 0 Å². The van der Waals surface area contributed by atoms with Crippen LogP contribution in [0.2, 0.25) is 0 Å². The van der Waals surface area contributed by atoms with Gasteiger partial charge in [-0.3, -0.25) is 0 Å². The Bertz CT molecular complexity index is 586. The Morgan fingerprint density at radius 1 is 1.24 bits per heavy atom. The summed E-state index contributed by atoms with van der Waals surface area (Å²) in [6.45, 7) is 0. The molecule has 2 aromatic rings. The molecule has 2 atom stereocenters. The lowest BCUT2D eigenvalue weighted by molar-refractivity contribution is 0.108. The van der Waals surface area contributed by atoms with E-state index in [2.05, 4.69) is 30.7 Å². The second-order valence-electron chi connectivity index (χ2n) is 5.00. The maximum absolute atomic E-state index is 5.39. The molecule has 2 aromatic heterocycles. The van der Waals surface area contributed by atoms with E-state index < -0.39 is 0 Å². The molecule has 1 fully saturated rings. The fraction of sp³-hybridized carbons (Fsp3) is 0.538. The van der Waals surface area contributed by atoms with E-state index in [0.29, 0.717) is 30.0 Å². The highest BCUT2D eigenvalue weighted by molar-refractivity contribution is 5.38. The van der Waals surface area contributed by atoms with E-state index in [1.165, 1.54) is 0 Å². The highest BCUT2D eigenvalue weighted by Crippen LogP contribution is 2.24. The van der Waals surface area contributed by atoms with Crippen molar-refractivity contribution in [1.82, 2.24) is 24.7 Å². The molecule has 0 saturated heterocycles. The minimum absolute atomic E-state index is 0.318. The molecule has 8 nitrogen and oxygen atoms in total. The number of aromatic nitrogens is 5. The first kappa shape index (κ1) is 13.7. The molecule has 1 aliphatic carbocycles. The van der Waals surface area contributed by atoms with Crippen molar-refractivity contribution in [3.05, 3.63) is 18.5 Å². The molecular formula is C13H19N7O. The van der Waals surface area contributed by atoms with Crippen LogP contribution in [0.3, 0.4) is 0 Å². The number of nitrogens with one attached hydrogen (secondary N) is 2. The molecule has 0 bridgehead atoms. The van der Waals surface area contributed by atoms with Gasteiger partial charge >= 0.3 is 0 Å². The Hall–Kier alpha value is -2.22. The van der Waals surface area contributed by atoms with Gasteiger partial charge in [0.15, 0.2) is 0 Å².